The molecule has 0 atom stereocenters. The maximum Gasteiger partial charge on any atom is 0.231 e. The summed E-state index contributed by atoms with van der Waals surface area (Å²) < 4.78 is 33.6. The largest absolute Gasteiger partial charge is 0.492 e. The Morgan fingerprint density at radius 3 is 2.15 bits per heavy atom. The first-order valence-corrected chi connectivity index (χ1v) is 8.44. The van der Waals surface area contributed by atoms with Crippen molar-refractivity contribution in [1.82, 2.24) is 0 Å². The fraction of sp³-hybridized carbons (Fsp3) is 0.250. The molecule has 0 N–H and O–H groups in total. The molecule has 0 spiro atoms. The Bertz CT molecular complexity index is 1010. The number of rotatable bonds is 2. The Hall–Kier alpha value is -3.35. The lowest BCUT2D eigenvalue weighted by Gasteiger charge is -2.22. The summed E-state index contributed by atoms with van der Waals surface area (Å²) >= 11 is 0. The zero-order valence-corrected chi connectivity index (χ0v) is 14.8. The summed E-state index contributed by atoms with van der Waals surface area (Å²) in [4.78, 5) is 12.8. The number of methoxy groups -OCH3 is 2. The summed E-state index contributed by atoms with van der Waals surface area (Å²) in [6.07, 6.45) is 3.91. The van der Waals surface area contributed by atoms with Gasteiger partial charge in [0.15, 0.2) is 28.8 Å². The Morgan fingerprint density at radius 2 is 1.48 bits per heavy atom. The number of carbonyl (C=O) groups is 1. The molecule has 2 aliphatic heterocycles. The molecule has 2 aromatic carbocycles. The molecule has 0 radical (unpaired) electrons. The first-order valence-electron chi connectivity index (χ1n) is 8.44. The van der Waals surface area contributed by atoms with E-state index < -0.39 is 0 Å². The second-order valence-electron chi connectivity index (χ2n) is 6.21. The van der Waals surface area contributed by atoms with Crippen LogP contribution < -0.4 is 28.4 Å². The van der Waals surface area contributed by atoms with Crippen molar-refractivity contribution in [2.75, 3.05) is 27.8 Å². The van der Waals surface area contributed by atoms with Crippen LogP contribution in [0.25, 0.3) is 11.1 Å². The SMILES string of the molecule is COc1c2c(cc3c1-c1c(cc4c(c1OC)OCO4)C(=O)/C=C\C3)OCO2. The van der Waals surface area contributed by atoms with Crippen LogP contribution in [0.5, 0.6) is 34.5 Å². The molecular weight excluding hydrogens is 352 g/mol. The molecule has 7 nitrogen and oxygen atoms in total. The van der Waals surface area contributed by atoms with E-state index >= 15 is 0 Å². The molecule has 2 aromatic rings. The molecule has 0 aromatic heterocycles. The van der Waals surface area contributed by atoms with Crippen molar-refractivity contribution in [3.05, 3.63) is 35.4 Å². The van der Waals surface area contributed by atoms with Crippen LogP contribution in [0, 0.1) is 0 Å². The number of allylic oxidation sites excluding steroid dienone is 2. The zero-order chi connectivity index (χ0) is 18.5. The Morgan fingerprint density at radius 1 is 0.852 bits per heavy atom. The second kappa shape index (κ2) is 5.84. The fourth-order valence-corrected chi connectivity index (χ4v) is 3.73. The number of hydrogen-bond acceptors (Lipinski definition) is 7. The molecule has 2 heterocycles. The van der Waals surface area contributed by atoms with E-state index in [-0.39, 0.29) is 19.4 Å². The fourth-order valence-electron chi connectivity index (χ4n) is 3.73. The Balaban J connectivity index is 1.92. The number of hydrogen-bond donors (Lipinski definition) is 0. The van der Waals surface area contributed by atoms with Gasteiger partial charge in [-0.05, 0) is 30.2 Å². The maximum absolute atomic E-state index is 12.8. The number of benzene rings is 2. The van der Waals surface area contributed by atoms with Gasteiger partial charge in [-0.2, -0.15) is 0 Å². The highest BCUT2D eigenvalue weighted by atomic mass is 16.7. The lowest BCUT2D eigenvalue weighted by Crippen LogP contribution is -2.07. The van der Waals surface area contributed by atoms with Crippen molar-refractivity contribution in [3.63, 3.8) is 0 Å². The summed E-state index contributed by atoms with van der Waals surface area (Å²) in [7, 11) is 3.10. The minimum absolute atomic E-state index is 0.0732. The average Bonchev–Trinajstić information content (AvgIpc) is 3.33. The van der Waals surface area contributed by atoms with Crippen LogP contribution in [0.3, 0.4) is 0 Å². The lowest BCUT2D eigenvalue weighted by atomic mass is 9.87. The number of fused-ring (bicyclic) bond motifs is 5. The minimum Gasteiger partial charge on any atom is -0.492 e. The first kappa shape index (κ1) is 15.9. The van der Waals surface area contributed by atoms with Crippen molar-refractivity contribution >= 4 is 5.78 Å². The van der Waals surface area contributed by atoms with E-state index in [0.717, 1.165) is 11.1 Å². The second-order valence-corrected chi connectivity index (χ2v) is 6.21. The van der Waals surface area contributed by atoms with E-state index in [2.05, 4.69) is 0 Å². The summed E-state index contributed by atoms with van der Waals surface area (Å²) in [6.45, 7) is 0.193. The predicted molar refractivity (Wildman–Crippen MR) is 94.4 cm³/mol. The third-order valence-corrected chi connectivity index (χ3v) is 4.85. The predicted octanol–water partition coefficient (Wildman–Crippen LogP) is 3.12. The van der Waals surface area contributed by atoms with E-state index in [0.29, 0.717) is 52.0 Å². The first-order chi connectivity index (χ1) is 13.2. The van der Waals surface area contributed by atoms with Gasteiger partial charge < -0.3 is 28.4 Å². The molecule has 0 saturated heterocycles. The van der Waals surface area contributed by atoms with Gasteiger partial charge in [-0.25, -0.2) is 0 Å². The zero-order valence-electron chi connectivity index (χ0n) is 14.8. The quantitative estimate of drug-likeness (QED) is 0.806. The van der Waals surface area contributed by atoms with Crippen molar-refractivity contribution in [1.29, 1.82) is 0 Å². The molecule has 3 aliphatic rings. The van der Waals surface area contributed by atoms with Crippen LogP contribution >= 0.6 is 0 Å². The molecule has 5 rings (SSSR count). The van der Waals surface area contributed by atoms with Crippen LogP contribution in [0.2, 0.25) is 0 Å². The topological polar surface area (TPSA) is 72.5 Å². The normalized spacial score (nSPS) is 16.9. The number of carbonyl (C=O) groups excluding carboxylic acids is 1. The van der Waals surface area contributed by atoms with Gasteiger partial charge in [0, 0.05) is 16.7 Å². The summed E-state index contributed by atoms with van der Waals surface area (Å²) in [6, 6.07) is 3.60. The van der Waals surface area contributed by atoms with Crippen molar-refractivity contribution in [2.24, 2.45) is 0 Å². The molecule has 0 amide bonds. The minimum atomic E-state index is -0.146. The van der Waals surface area contributed by atoms with E-state index in [9.17, 15) is 4.79 Å². The lowest BCUT2D eigenvalue weighted by molar-refractivity contribution is 0.104. The molecule has 138 valence electrons. The molecule has 0 bridgehead atoms. The third-order valence-electron chi connectivity index (χ3n) is 4.85. The van der Waals surface area contributed by atoms with Crippen LogP contribution in [0.4, 0.5) is 0 Å². The van der Waals surface area contributed by atoms with Gasteiger partial charge in [-0.15, -0.1) is 0 Å². The molecular formula is C20H16O7. The Labute approximate surface area is 155 Å². The van der Waals surface area contributed by atoms with Crippen LogP contribution in [0.15, 0.2) is 24.3 Å². The third kappa shape index (κ3) is 2.17. The highest BCUT2D eigenvalue weighted by molar-refractivity contribution is 6.12. The molecule has 0 saturated carbocycles. The van der Waals surface area contributed by atoms with E-state index in [4.69, 9.17) is 28.4 Å². The van der Waals surface area contributed by atoms with Gasteiger partial charge in [0.25, 0.3) is 0 Å². The molecule has 1 aliphatic carbocycles. The highest BCUT2D eigenvalue weighted by Gasteiger charge is 2.34. The van der Waals surface area contributed by atoms with Crippen molar-refractivity contribution in [3.8, 4) is 45.6 Å². The molecule has 27 heavy (non-hydrogen) atoms. The molecule has 0 unspecified atom stereocenters. The van der Waals surface area contributed by atoms with Crippen LogP contribution in [0.1, 0.15) is 15.9 Å². The van der Waals surface area contributed by atoms with Gasteiger partial charge in [0.05, 0.1) is 14.2 Å². The van der Waals surface area contributed by atoms with Crippen LogP contribution in [-0.2, 0) is 6.42 Å². The standard InChI is InChI=1S/C20H16O7/c1-22-19-15-10(6-13-17(19)26-8-24-13)4-3-5-12(21)11-7-14-18(27-9-25-14)20(23-2)16(11)15/h3,5-7H,4,8-9H2,1-2H3/b5-3-. The van der Waals surface area contributed by atoms with Crippen molar-refractivity contribution < 1.29 is 33.2 Å². The maximum atomic E-state index is 12.8. The van der Waals surface area contributed by atoms with Gasteiger partial charge >= 0.3 is 0 Å². The number of ether oxygens (including phenoxy) is 6. The smallest absolute Gasteiger partial charge is 0.231 e. The van der Waals surface area contributed by atoms with Gasteiger partial charge in [0.2, 0.25) is 25.1 Å². The summed E-state index contributed by atoms with van der Waals surface area (Å²) in [5.41, 5.74) is 2.70. The van der Waals surface area contributed by atoms with E-state index in [1.165, 1.54) is 7.11 Å². The summed E-state index contributed by atoms with van der Waals surface area (Å²) in [5, 5.41) is 0. The van der Waals surface area contributed by atoms with E-state index in [1.807, 2.05) is 12.1 Å². The average molecular weight is 368 g/mol. The van der Waals surface area contributed by atoms with Gasteiger partial charge in [-0.3, -0.25) is 4.79 Å². The van der Waals surface area contributed by atoms with E-state index in [1.54, 1.807) is 19.3 Å². The molecule has 0 fully saturated rings. The molecule has 7 heteroatoms. The van der Waals surface area contributed by atoms with Gasteiger partial charge in [-0.1, -0.05) is 6.08 Å². The van der Waals surface area contributed by atoms with Crippen LogP contribution in [-0.4, -0.2) is 33.6 Å². The van der Waals surface area contributed by atoms with Gasteiger partial charge in [0.1, 0.15) is 0 Å². The number of ketones is 1. The summed E-state index contributed by atoms with van der Waals surface area (Å²) in [5.74, 6) is 2.87. The Kier molecular flexibility index (Phi) is 3.43. The highest BCUT2D eigenvalue weighted by Crippen LogP contribution is 2.56. The van der Waals surface area contributed by atoms with Crippen molar-refractivity contribution in [2.45, 2.75) is 6.42 Å². The monoisotopic (exact) mass is 368 g/mol.